The molecular formula is C12H28O4SSi. The molecule has 0 aromatic carbocycles. The summed E-state index contributed by atoms with van der Waals surface area (Å²) in [6.45, 7) is 8.68. The highest BCUT2D eigenvalue weighted by molar-refractivity contribution is 7.80. The van der Waals surface area contributed by atoms with Crippen LogP contribution in [-0.2, 0) is 13.3 Å². The van der Waals surface area contributed by atoms with Gasteiger partial charge in [-0.15, -0.1) is 0 Å². The summed E-state index contributed by atoms with van der Waals surface area (Å²) in [6.07, 6.45) is 1.52. The van der Waals surface area contributed by atoms with Crippen LogP contribution in [0.4, 0.5) is 0 Å². The van der Waals surface area contributed by atoms with Gasteiger partial charge in [-0.3, -0.25) is 0 Å². The molecule has 0 amide bonds. The molecule has 0 aromatic rings. The van der Waals surface area contributed by atoms with Crippen molar-refractivity contribution < 1.29 is 18.4 Å². The molecule has 2 unspecified atom stereocenters. The molecule has 0 saturated carbocycles. The molecule has 0 saturated heterocycles. The smallest absolute Gasteiger partial charge is 0.393 e. The Morgan fingerprint density at radius 2 is 1.72 bits per heavy atom. The maximum atomic E-state index is 9.61. The van der Waals surface area contributed by atoms with Crippen molar-refractivity contribution in [1.29, 1.82) is 0 Å². The van der Waals surface area contributed by atoms with E-state index >= 15 is 0 Å². The second-order valence-electron chi connectivity index (χ2n) is 4.40. The monoisotopic (exact) mass is 296 g/mol. The quantitative estimate of drug-likeness (QED) is 0.454. The zero-order chi connectivity index (χ0) is 14.0. The van der Waals surface area contributed by atoms with E-state index in [1.165, 1.54) is 0 Å². The minimum Gasteiger partial charge on any atom is -0.393 e. The third-order valence-electron chi connectivity index (χ3n) is 2.42. The topological polar surface area (TPSA) is 47.9 Å². The molecule has 0 radical (unpaired) electrons. The van der Waals surface area contributed by atoms with Crippen molar-refractivity contribution in [2.75, 3.05) is 19.0 Å². The molecule has 0 heterocycles. The number of hydrogen-bond donors (Lipinski definition) is 2. The van der Waals surface area contributed by atoms with E-state index in [2.05, 4.69) is 12.6 Å². The normalized spacial score (nSPS) is 15.7. The van der Waals surface area contributed by atoms with Gasteiger partial charge in [0.1, 0.15) is 0 Å². The molecular weight excluding hydrogens is 268 g/mol. The van der Waals surface area contributed by atoms with Crippen LogP contribution in [0, 0.1) is 0 Å². The van der Waals surface area contributed by atoms with Crippen molar-refractivity contribution >= 4 is 21.4 Å². The minimum atomic E-state index is -2.75. The van der Waals surface area contributed by atoms with Crippen LogP contribution in [0.1, 0.15) is 40.5 Å². The average Bonchev–Trinajstić information content (AvgIpc) is 2.26. The molecule has 0 aromatic heterocycles. The van der Waals surface area contributed by atoms with Crippen LogP contribution in [0.15, 0.2) is 0 Å². The van der Waals surface area contributed by atoms with E-state index in [1.54, 1.807) is 6.92 Å². The molecule has 0 spiro atoms. The average molecular weight is 297 g/mol. The number of aliphatic hydroxyl groups is 1. The third kappa shape index (κ3) is 7.76. The second-order valence-corrected chi connectivity index (χ2v) is 7.43. The summed E-state index contributed by atoms with van der Waals surface area (Å²) in [5, 5.41) is 9.61. The Balaban J connectivity index is 4.58. The maximum absolute atomic E-state index is 9.61. The molecule has 0 aliphatic heterocycles. The summed E-state index contributed by atoms with van der Waals surface area (Å²) in [6, 6.07) is 0.444. The van der Waals surface area contributed by atoms with Crippen LogP contribution in [0.3, 0.4) is 0 Å². The fourth-order valence-corrected chi connectivity index (χ4v) is 4.89. The zero-order valence-electron chi connectivity index (χ0n) is 12.0. The summed E-state index contributed by atoms with van der Waals surface area (Å²) < 4.78 is 17.5. The van der Waals surface area contributed by atoms with E-state index < -0.39 is 14.9 Å². The van der Waals surface area contributed by atoms with Gasteiger partial charge in [-0.1, -0.05) is 0 Å². The van der Waals surface area contributed by atoms with Gasteiger partial charge in [0, 0.05) is 25.4 Å². The van der Waals surface area contributed by atoms with Gasteiger partial charge in [0.15, 0.2) is 0 Å². The number of aliphatic hydroxyl groups excluding tert-OH is 1. The van der Waals surface area contributed by atoms with Gasteiger partial charge >= 0.3 is 8.80 Å². The summed E-state index contributed by atoms with van der Waals surface area (Å²) in [5.74, 6) is 0.849. The molecule has 4 nitrogen and oxygen atoms in total. The van der Waals surface area contributed by atoms with E-state index in [4.69, 9.17) is 13.3 Å². The first-order valence-corrected chi connectivity index (χ1v) is 9.30. The Morgan fingerprint density at radius 1 is 1.17 bits per heavy atom. The van der Waals surface area contributed by atoms with Crippen LogP contribution < -0.4 is 0 Å². The van der Waals surface area contributed by atoms with Gasteiger partial charge in [0.2, 0.25) is 0 Å². The van der Waals surface area contributed by atoms with Crippen LogP contribution in [0.2, 0.25) is 6.04 Å². The van der Waals surface area contributed by atoms with Crippen LogP contribution in [-0.4, -0.2) is 45.1 Å². The molecule has 0 aliphatic carbocycles. The van der Waals surface area contributed by atoms with Gasteiger partial charge < -0.3 is 18.4 Å². The number of rotatable bonds is 11. The van der Waals surface area contributed by atoms with Gasteiger partial charge in [-0.2, -0.15) is 12.6 Å². The van der Waals surface area contributed by atoms with Crippen molar-refractivity contribution in [3.05, 3.63) is 0 Å². The van der Waals surface area contributed by atoms with E-state index in [0.29, 0.717) is 19.3 Å². The molecule has 110 valence electrons. The third-order valence-corrected chi connectivity index (χ3v) is 6.05. The molecule has 1 N–H and O–H groups in total. The summed E-state index contributed by atoms with van der Waals surface area (Å²) in [7, 11) is -2.75. The lowest BCUT2D eigenvalue weighted by Crippen LogP contribution is -2.50. The largest absolute Gasteiger partial charge is 0.503 e. The molecule has 0 bridgehead atoms. The van der Waals surface area contributed by atoms with Crippen molar-refractivity contribution in [2.24, 2.45) is 0 Å². The molecule has 0 rings (SSSR count). The first-order chi connectivity index (χ1) is 8.49. The Morgan fingerprint density at radius 3 is 2.11 bits per heavy atom. The van der Waals surface area contributed by atoms with Gasteiger partial charge in [-0.25, -0.2) is 0 Å². The predicted octanol–water partition coefficient (Wildman–Crippen LogP) is 2.49. The summed E-state index contributed by atoms with van der Waals surface area (Å²) in [4.78, 5) is 0. The predicted molar refractivity (Wildman–Crippen MR) is 79.1 cm³/mol. The van der Waals surface area contributed by atoms with Gasteiger partial charge in [0.05, 0.1) is 6.10 Å². The Kier molecular flexibility index (Phi) is 10.5. The SMILES string of the molecule is CCO[Si](CC(C)O)(OCC)OC(C)CCCS. The standard InChI is InChI=1S/C12H28O4SSi/c1-5-14-18(15-6-2,10-11(3)13)16-12(4)8-7-9-17/h11-13,17H,5-10H2,1-4H3. The lowest BCUT2D eigenvalue weighted by Gasteiger charge is -2.32. The fourth-order valence-electron chi connectivity index (χ4n) is 1.82. The number of thiol groups is 1. The lowest BCUT2D eigenvalue weighted by atomic mass is 10.2. The van der Waals surface area contributed by atoms with E-state index in [1.807, 2.05) is 20.8 Å². The zero-order valence-corrected chi connectivity index (χ0v) is 13.9. The first kappa shape index (κ1) is 18.4. The van der Waals surface area contributed by atoms with Gasteiger partial charge in [-0.05, 0) is 46.3 Å². The molecule has 6 heteroatoms. The van der Waals surface area contributed by atoms with Gasteiger partial charge in [0.25, 0.3) is 0 Å². The molecule has 18 heavy (non-hydrogen) atoms. The van der Waals surface area contributed by atoms with Crippen molar-refractivity contribution in [2.45, 2.75) is 58.8 Å². The number of hydrogen-bond acceptors (Lipinski definition) is 5. The van der Waals surface area contributed by atoms with Crippen molar-refractivity contribution in [3.8, 4) is 0 Å². The Hall–Kier alpha value is 0.407. The highest BCUT2D eigenvalue weighted by Crippen LogP contribution is 2.21. The molecule has 2 atom stereocenters. The fraction of sp³-hybridized carbons (Fsp3) is 1.00. The van der Waals surface area contributed by atoms with E-state index in [9.17, 15) is 5.11 Å². The second kappa shape index (κ2) is 10.2. The Labute approximate surface area is 118 Å². The summed E-state index contributed by atoms with van der Waals surface area (Å²) in [5.41, 5.74) is 0. The van der Waals surface area contributed by atoms with Crippen LogP contribution in [0.5, 0.6) is 0 Å². The van der Waals surface area contributed by atoms with Crippen LogP contribution >= 0.6 is 12.6 Å². The van der Waals surface area contributed by atoms with Crippen molar-refractivity contribution in [1.82, 2.24) is 0 Å². The summed E-state index contributed by atoms with van der Waals surface area (Å²) >= 11 is 4.20. The Bertz CT molecular complexity index is 199. The highest BCUT2D eigenvalue weighted by Gasteiger charge is 2.43. The maximum Gasteiger partial charge on any atom is 0.503 e. The van der Waals surface area contributed by atoms with E-state index in [-0.39, 0.29) is 6.10 Å². The van der Waals surface area contributed by atoms with Crippen LogP contribution in [0.25, 0.3) is 0 Å². The molecule has 0 fully saturated rings. The van der Waals surface area contributed by atoms with Crippen molar-refractivity contribution in [3.63, 3.8) is 0 Å². The highest BCUT2D eigenvalue weighted by atomic mass is 32.1. The minimum absolute atomic E-state index is 0.0701. The lowest BCUT2D eigenvalue weighted by molar-refractivity contribution is 0.0263. The molecule has 0 aliphatic rings. The van der Waals surface area contributed by atoms with E-state index in [0.717, 1.165) is 18.6 Å². The first-order valence-electron chi connectivity index (χ1n) is 6.74.